The number of hydrogen-bond acceptors (Lipinski definition) is 3. The van der Waals surface area contributed by atoms with Gasteiger partial charge in [0, 0.05) is 7.11 Å². The Morgan fingerprint density at radius 2 is 1.70 bits per heavy atom. The van der Waals surface area contributed by atoms with Crippen molar-refractivity contribution in [2.75, 3.05) is 7.11 Å². The molecule has 0 aromatic rings. The molecule has 0 spiro atoms. The van der Waals surface area contributed by atoms with Gasteiger partial charge in [0.2, 0.25) is 0 Å². The molecular weight excluding hydrogens is 132 g/mol. The standard InChI is InChI=1S/C7H14O3/c1-5-4-6(2)10-7(8-3)9-5/h5-7H,4H2,1-3H3. The second-order valence-corrected chi connectivity index (χ2v) is 2.65. The summed E-state index contributed by atoms with van der Waals surface area (Å²) in [5, 5.41) is 0. The van der Waals surface area contributed by atoms with E-state index in [0.29, 0.717) is 0 Å². The lowest BCUT2D eigenvalue weighted by Gasteiger charge is -2.30. The van der Waals surface area contributed by atoms with E-state index in [1.54, 1.807) is 7.11 Å². The fourth-order valence-corrected chi connectivity index (χ4v) is 1.10. The molecular formula is C7H14O3. The Labute approximate surface area is 61.3 Å². The average Bonchev–Trinajstić information content (AvgIpc) is 1.85. The van der Waals surface area contributed by atoms with Gasteiger partial charge in [0.05, 0.1) is 12.2 Å². The minimum Gasteiger partial charge on any atom is -0.333 e. The van der Waals surface area contributed by atoms with Gasteiger partial charge in [-0.2, -0.15) is 0 Å². The molecule has 1 heterocycles. The van der Waals surface area contributed by atoms with Crippen LogP contribution in [0.4, 0.5) is 0 Å². The highest BCUT2D eigenvalue weighted by atomic mass is 16.9. The Kier molecular flexibility index (Phi) is 2.65. The maximum atomic E-state index is 5.26. The highest BCUT2D eigenvalue weighted by Crippen LogP contribution is 2.17. The van der Waals surface area contributed by atoms with E-state index in [-0.39, 0.29) is 12.2 Å². The summed E-state index contributed by atoms with van der Waals surface area (Å²) in [5.41, 5.74) is 0. The molecule has 0 radical (unpaired) electrons. The van der Waals surface area contributed by atoms with Crippen molar-refractivity contribution in [2.24, 2.45) is 0 Å². The van der Waals surface area contributed by atoms with Crippen LogP contribution in [0.3, 0.4) is 0 Å². The van der Waals surface area contributed by atoms with Crippen LogP contribution in [-0.4, -0.2) is 25.8 Å². The molecule has 1 fully saturated rings. The maximum absolute atomic E-state index is 5.26. The van der Waals surface area contributed by atoms with Gasteiger partial charge in [0.25, 0.3) is 6.48 Å². The predicted octanol–water partition coefficient (Wildman–Crippen LogP) is 1.13. The molecule has 0 N–H and O–H groups in total. The monoisotopic (exact) mass is 146 g/mol. The van der Waals surface area contributed by atoms with Gasteiger partial charge in [-0.25, -0.2) is 0 Å². The van der Waals surface area contributed by atoms with Crippen molar-refractivity contribution in [3.8, 4) is 0 Å². The van der Waals surface area contributed by atoms with Crippen LogP contribution in [0.1, 0.15) is 20.3 Å². The van der Waals surface area contributed by atoms with Crippen LogP contribution in [0.15, 0.2) is 0 Å². The number of ether oxygens (including phenoxy) is 3. The molecule has 10 heavy (non-hydrogen) atoms. The van der Waals surface area contributed by atoms with Crippen LogP contribution in [-0.2, 0) is 14.2 Å². The van der Waals surface area contributed by atoms with Crippen LogP contribution in [0.5, 0.6) is 0 Å². The lowest BCUT2D eigenvalue weighted by molar-refractivity contribution is -0.337. The first kappa shape index (κ1) is 7.98. The Balaban J connectivity index is 2.35. The van der Waals surface area contributed by atoms with E-state index < -0.39 is 6.48 Å². The molecule has 3 heteroatoms. The van der Waals surface area contributed by atoms with Crippen molar-refractivity contribution in [1.29, 1.82) is 0 Å². The van der Waals surface area contributed by atoms with Crippen molar-refractivity contribution < 1.29 is 14.2 Å². The van der Waals surface area contributed by atoms with Crippen molar-refractivity contribution >= 4 is 0 Å². The smallest absolute Gasteiger partial charge is 0.271 e. The van der Waals surface area contributed by atoms with Crippen molar-refractivity contribution in [3.63, 3.8) is 0 Å². The quantitative estimate of drug-likeness (QED) is 0.555. The molecule has 1 aliphatic rings. The van der Waals surface area contributed by atoms with E-state index in [2.05, 4.69) is 0 Å². The summed E-state index contributed by atoms with van der Waals surface area (Å²) in [7, 11) is 1.58. The number of methoxy groups -OCH3 is 1. The third-order valence-electron chi connectivity index (χ3n) is 1.54. The lowest BCUT2D eigenvalue weighted by atomic mass is 10.2. The highest BCUT2D eigenvalue weighted by Gasteiger charge is 2.23. The van der Waals surface area contributed by atoms with E-state index >= 15 is 0 Å². The van der Waals surface area contributed by atoms with E-state index in [0.717, 1.165) is 6.42 Å². The molecule has 2 unspecified atom stereocenters. The molecule has 3 nitrogen and oxygen atoms in total. The molecule has 2 atom stereocenters. The molecule has 1 rings (SSSR count). The van der Waals surface area contributed by atoms with Crippen molar-refractivity contribution in [2.45, 2.75) is 39.0 Å². The van der Waals surface area contributed by atoms with Crippen molar-refractivity contribution in [1.82, 2.24) is 0 Å². The van der Waals surface area contributed by atoms with Gasteiger partial charge < -0.3 is 14.2 Å². The zero-order valence-corrected chi connectivity index (χ0v) is 6.66. The average molecular weight is 146 g/mol. The lowest BCUT2D eigenvalue weighted by Crippen LogP contribution is -2.36. The minimum absolute atomic E-state index is 0.244. The molecule has 0 aliphatic carbocycles. The largest absolute Gasteiger partial charge is 0.333 e. The Morgan fingerprint density at radius 3 is 2.10 bits per heavy atom. The van der Waals surface area contributed by atoms with Crippen molar-refractivity contribution in [3.05, 3.63) is 0 Å². The summed E-state index contributed by atoms with van der Waals surface area (Å²) in [6.07, 6.45) is 1.43. The third-order valence-corrected chi connectivity index (χ3v) is 1.54. The Hall–Kier alpha value is -0.120. The zero-order valence-electron chi connectivity index (χ0n) is 6.66. The maximum Gasteiger partial charge on any atom is 0.271 e. The molecule has 1 saturated heterocycles. The number of rotatable bonds is 1. The van der Waals surface area contributed by atoms with Gasteiger partial charge in [0.1, 0.15) is 0 Å². The molecule has 0 aromatic carbocycles. The van der Waals surface area contributed by atoms with E-state index in [4.69, 9.17) is 14.2 Å². The van der Waals surface area contributed by atoms with E-state index in [1.807, 2.05) is 13.8 Å². The molecule has 0 amide bonds. The van der Waals surface area contributed by atoms with E-state index in [1.165, 1.54) is 0 Å². The van der Waals surface area contributed by atoms with Gasteiger partial charge in [0.15, 0.2) is 0 Å². The second kappa shape index (κ2) is 3.32. The fraction of sp³-hybridized carbons (Fsp3) is 1.00. The summed E-state index contributed by atoms with van der Waals surface area (Å²) in [4.78, 5) is 0. The molecule has 60 valence electrons. The molecule has 0 aromatic heterocycles. The van der Waals surface area contributed by atoms with Crippen LogP contribution in [0, 0.1) is 0 Å². The summed E-state index contributed by atoms with van der Waals surface area (Å²) < 4.78 is 15.4. The second-order valence-electron chi connectivity index (χ2n) is 2.65. The summed E-state index contributed by atoms with van der Waals surface area (Å²) in [6, 6.07) is 0. The van der Waals surface area contributed by atoms with Crippen LogP contribution < -0.4 is 0 Å². The van der Waals surface area contributed by atoms with E-state index in [9.17, 15) is 0 Å². The normalized spacial score (nSPS) is 41.7. The van der Waals surface area contributed by atoms with Crippen LogP contribution in [0.2, 0.25) is 0 Å². The minimum atomic E-state index is -0.459. The predicted molar refractivity (Wildman–Crippen MR) is 36.5 cm³/mol. The summed E-state index contributed by atoms with van der Waals surface area (Å²) in [5.74, 6) is 0. The van der Waals surface area contributed by atoms with Gasteiger partial charge in [-0.1, -0.05) is 0 Å². The Morgan fingerprint density at radius 1 is 1.20 bits per heavy atom. The first-order chi connectivity index (χ1) is 4.72. The highest BCUT2D eigenvalue weighted by molar-refractivity contribution is 4.61. The van der Waals surface area contributed by atoms with Gasteiger partial charge in [-0.3, -0.25) is 0 Å². The molecule has 0 bridgehead atoms. The van der Waals surface area contributed by atoms with Crippen LogP contribution >= 0.6 is 0 Å². The first-order valence-corrected chi connectivity index (χ1v) is 3.56. The zero-order chi connectivity index (χ0) is 7.56. The summed E-state index contributed by atoms with van der Waals surface area (Å²) in [6.45, 7) is 3.58. The van der Waals surface area contributed by atoms with Gasteiger partial charge >= 0.3 is 0 Å². The van der Waals surface area contributed by atoms with Crippen LogP contribution in [0.25, 0.3) is 0 Å². The SMILES string of the molecule is COC1OC(C)CC(C)O1. The molecule has 0 saturated carbocycles. The fourth-order valence-electron chi connectivity index (χ4n) is 1.10. The third kappa shape index (κ3) is 1.94. The first-order valence-electron chi connectivity index (χ1n) is 3.56. The number of hydrogen-bond donors (Lipinski definition) is 0. The summed E-state index contributed by atoms with van der Waals surface area (Å²) >= 11 is 0. The van der Waals surface area contributed by atoms with Gasteiger partial charge in [-0.15, -0.1) is 0 Å². The van der Waals surface area contributed by atoms with Gasteiger partial charge in [-0.05, 0) is 20.3 Å². The topological polar surface area (TPSA) is 27.7 Å². The molecule has 1 aliphatic heterocycles. The Bertz CT molecular complexity index is 95.0.